The van der Waals surface area contributed by atoms with Gasteiger partial charge in [0.25, 0.3) is 5.91 Å². The van der Waals surface area contributed by atoms with Gasteiger partial charge >= 0.3 is 0 Å². The number of amides is 2. The van der Waals surface area contributed by atoms with Crippen LogP contribution in [0.3, 0.4) is 0 Å². The van der Waals surface area contributed by atoms with Crippen molar-refractivity contribution < 1.29 is 14.3 Å². The zero-order valence-electron chi connectivity index (χ0n) is 9.76. The number of aromatic amines is 1. The molecular formula is C11H14N4O3. The number of hydrogen-bond donors (Lipinski definition) is 2. The molecule has 0 saturated carbocycles. The minimum Gasteiger partial charge on any atom is -0.366 e. The van der Waals surface area contributed by atoms with Crippen LogP contribution in [0.15, 0.2) is 12.3 Å². The molecule has 2 amide bonds. The maximum Gasteiger partial charge on any atom is 0.271 e. The highest BCUT2D eigenvalue weighted by atomic mass is 16.5. The van der Waals surface area contributed by atoms with E-state index in [1.54, 1.807) is 17.2 Å². The Morgan fingerprint density at radius 3 is 3.22 bits per heavy atom. The molecule has 2 N–H and O–H groups in total. The van der Waals surface area contributed by atoms with E-state index < -0.39 is 0 Å². The van der Waals surface area contributed by atoms with Crippen LogP contribution in [0.1, 0.15) is 16.9 Å². The van der Waals surface area contributed by atoms with Gasteiger partial charge in [-0.1, -0.05) is 0 Å². The lowest BCUT2D eigenvalue weighted by Crippen LogP contribution is -2.61. The number of carbonyl (C=O) groups excluding carboxylic acids is 2. The standard InChI is InChI=1S/C11H14N4O3/c16-10-6-18-9-2-4-15(5-8(9)13-10)11(17)7-1-3-12-14-7/h1,3,8-9H,2,4-6H2,(H,12,14)(H,13,16)/t8-,9+/m0/s1. The summed E-state index contributed by atoms with van der Waals surface area (Å²) in [6.07, 6.45) is 2.31. The minimum atomic E-state index is -0.118. The average molecular weight is 250 g/mol. The molecule has 3 rings (SSSR count). The number of nitrogens with one attached hydrogen (secondary N) is 2. The van der Waals surface area contributed by atoms with Gasteiger partial charge in [-0.25, -0.2) is 0 Å². The monoisotopic (exact) mass is 250 g/mol. The van der Waals surface area contributed by atoms with Crippen molar-refractivity contribution in [3.8, 4) is 0 Å². The summed E-state index contributed by atoms with van der Waals surface area (Å²) in [5.41, 5.74) is 0.469. The Labute approximate surface area is 103 Å². The molecule has 0 bridgehead atoms. The van der Waals surface area contributed by atoms with E-state index in [-0.39, 0.29) is 30.6 Å². The van der Waals surface area contributed by atoms with Gasteiger partial charge in [-0.3, -0.25) is 14.7 Å². The molecule has 1 aromatic rings. The van der Waals surface area contributed by atoms with Gasteiger partial charge in [-0.15, -0.1) is 0 Å². The molecule has 0 aromatic carbocycles. The first-order valence-electron chi connectivity index (χ1n) is 5.93. The van der Waals surface area contributed by atoms with Crippen LogP contribution in [0, 0.1) is 0 Å². The van der Waals surface area contributed by atoms with E-state index in [0.717, 1.165) is 6.42 Å². The highest BCUT2D eigenvalue weighted by Crippen LogP contribution is 2.18. The Bertz CT molecular complexity index is 459. The first-order valence-corrected chi connectivity index (χ1v) is 5.93. The van der Waals surface area contributed by atoms with Crippen LogP contribution in [0.5, 0.6) is 0 Å². The van der Waals surface area contributed by atoms with Crippen molar-refractivity contribution in [1.82, 2.24) is 20.4 Å². The molecule has 7 heteroatoms. The van der Waals surface area contributed by atoms with Crippen LogP contribution in [-0.4, -0.2) is 58.8 Å². The number of rotatable bonds is 1. The molecule has 3 heterocycles. The number of morpholine rings is 1. The van der Waals surface area contributed by atoms with Crippen LogP contribution >= 0.6 is 0 Å². The molecule has 18 heavy (non-hydrogen) atoms. The van der Waals surface area contributed by atoms with Crippen molar-refractivity contribution in [1.29, 1.82) is 0 Å². The molecule has 2 saturated heterocycles. The van der Waals surface area contributed by atoms with Gasteiger partial charge in [-0.2, -0.15) is 5.10 Å². The van der Waals surface area contributed by atoms with Crippen molar-refractivity contribution in [3.63, 3.8) is 0 Å². The van der Waals surface area contributed by atoms with Crippen molar-refractivity contribution >= 4 is 11.8 Å². The summed E-state index contributed by atoms with van der Waals surface area (Å²) in [4.78, 5) is 25.1. The predicted molar refractivity (Wildman–Crippen MR) is 60.8 cm³/mol. The van der Waals surface area contributed by atoms with Crippen LogP contribution in [0.4, 0.5) is 0 Å². The first-order chi connectivity index (χ1) is 8.74. The fraction of sp³-hybridized carbons (Fsp3) is 0.545. The number of nitrogens with zero attached hydrogens (tertiary/aromatic N) is 2. The van der Waals surface area contributed by atoms with Gasteiger partial charge in [0.05, 0.1) is 12.1 Å². The van der Waals surface area contributed by atoms with E-state index in [1.165, 1.54) is 0 Å². The largest absolute Gasteiger partial charge is 0.366 e. The number of fused-ring (bicyclic) bond motifs is 1. The summed E-state index contributed by atoms with van der Waals surface area (Å²) in [6, 6.07) is 1.54. The van der Waals surface area contributed by atoms with Gasteiger partial charge in [0.2, 0.25) is 5.91 Å². The molecule has 7 nitrogen and oxygen atoms in total. The molecule has 2 aliphatic rings. The predicted octanol–water partition coefficient (Wildman–Crippen LogP) is -0.861. The normalized spacial score (nSPS) is 27.6. The zero-order valence-corrected chi connectivity index (χ0v) is 9.76. The number of hydrogen-bond acceptors (Lipinski definition) is 4. The summed E-state index contributed by atoms with van der Waals surface area (Å²) in [5.74, 6) is -0.210. The number of ether oxygens (including phenoxy) is 1. The molecule has 0 radical (unpaired) electrons. The average Bonchev–Trinajstić information content (AvgIpc) is 2.90. The number of carbonyl (C=O) groups is 2. The fourth-order valence-electron chi connectivity index (χ4n) is 2.43. The highest BCUT2D eigenvalue weighted by molar-refractivity contribution is 5.92. The van der Waals surface area contributed by atoms with E-state index in [2.05, 4.69) is 15.5 Å². The quantitative estimate of drug-likeness (QED) is 0.679. The van der Waals surface area contributed by atoms with Crippen molar-refractivity contribution in [2.24, 2.45) is 0 Å². The summed E-state index contributed by atoms with van der Waals surface area (Å²) >= 11 is 0. The Morgan fingerprint density at radius 1 is 1.56 bits per heavy atom. The lowest BCUT2D eigenvalue weighted by Gasteiger charge is -2.40. The second-order valence-corrected chi connectivity index (χ2v) is 4.53. The second-order valence-electron chi connectivity index (χ2n) is 4.53. The molecule has 2 atom stereocenters. The molecule has 0 unspecified atom stereocenters. The highest BCUT2D eigenvalue weighted by Gasteiger charge is 2.36. The second kappa shape index (κ2) is 4.41. The van der Waals surface area contributed by atoms with Crippen molar-refractivity contribution in [2.45, 2.75) is 18.6 Å². The van der Waals surface area contributed by atoms with Crippen LogP contribution in [0.2, 0.25) is 0 Å². The maximum atomic E-state index is 12.1. The third-order valence-electron chi connectivity index (χ3n) is 3.34. The van der Waals surface area contributed by atoms with Crippen molar-refractivity contribution in [2.75, 3.05) is 19.7 Å². The maximum absolute atomic E-state index is 12.1. The summed E-state index contributed by atoms with van der Waals surface area (Å²) < 4.78 is 5.44. The van der Waals surface area contributed by atoms with Gasteiger partial charge in [0, 0.05) is 19.3 Å². The summed E-state index contributed by atoms with van der Waals surface area (Å²) in [6.45, 7) is 1.23. The zero-order chi connectivity index (χ0) is 12.5. The van der Waals surface area contributed by atoms with Gasteiger partial charge < -0.3 is 15.0 Å². The SMILES string of the molecule is O=C1CO[C@@H]2CCN(C(=O)c3ccn[nH]3)C[C@@H]2N1. The topological polar surface area (TPSA) is 87.3 Å². The number of piperidine rings is 1. The number of likely N-dealkylation sites (tertiary alicyclic amines) is 1. The van der Waals surface area contributed by atoms with Crippen LogP contribution in [0.25, 0.3) is 0 Å². The molecule has 0 spiro atoms. The Hall–Kier alpha value is -1.89. The molecular weight excluding hydrogens is 236 g/mol. The third-order valence-corrected chi connectivity index (χ3v) is 3.34. The van der Waals surface area contributed by atoms with E-state index >= 15 is 0 Å². The molecule has 2 fully saturated rings. The van der Waals surface area contributed by atoms with Gasteiger partial charge in [0.1, 0.15) is 12.3 Å². The number of aromatic nitrogens is 2. The van der Waals surface area contributed by atoms with Crippen LogP contribution < -0.4 is 5.32 Å². The van der Waals surface area contributed by atoms with Gasteiger partial charge in [0.15, 0.2) is 0 Å². The first kappa shape index (κ1) is 11.2. The van der Waals surface area contributed by atoms with E-state index in [4.69, 9.17) is 4.74 Å². The smallest absolute Gasteiger partial charge is 0.271 e. The minimum absolute atomic E-state index is 0.0218. The fourth-order valence-corrected chi connectivity index (χ4v) is 2.43. The van der Waals surface area contributed by atoms with Gasteiger partial charge in [-0.05, 0) is 12.5 Å². The van der Waals surface area contributed by atoms with Crippen LogP contribution in [-0.2, 0) is 9.53 Å². The Balaban J connectivity index is 1.69. The molecule has 0 aliphatic carbocycles. The Morgan fingerprint density at radius 2 is 2.44 bits per heavy atom. The molecule has 2 aliphatic heterocycles. The van der Waals surface area contributed by atoms with E-state index in [0.29, 0.717) is 18.8 Å². The molecule has 1 aromatic heterocycles. The third kappa shape index (κ3) is 1.97. The van der Waals surface area contributed by atoms with Crippen molar-refractivity contribution in [3.05, 3.63) is 18.0 Å². The Kier molecular flexibility index (Phi) is 2.75. The van der Waals surface area contributed by atoms with E-state index in [9.17, 15) is 9.59 Å². The summed E-state index contributed by atoms with van der Waals surface area (Å²) in [5, 5.41) is 9.28. The lowest BCUT2D eigenvalue weighted by molar-refractivity contribution is -0.139. The summed E-state index contributed by atoms with van der Waals surface area (Å²) in [7, 11) is 0. The molecule has 96 valence electrons. The lowest BCUT2D eigenvalue weighted by atomic mass is 10.0. The number of H-pyrrole nitrogens is 1. The van der Waals surface area contributed by atoms with E-state index in [1.807, 2.05) is 0 Å².